The fraction of sp³-hybridized carbons (Fsp3) is 1.00. The molecule has 1 aliphatic carbocycles. The summed E-state index contributed by atoms with van der Waals surface area (Å²) in [5, 5.41) is 0. The smallest absolute Gasteiger partial charge is 0.212 e. The molecule has 0 saturated heterocycles. The van der Waals surface area contributed by atoms with Crippen molar-refractivity contribution in [3.05, 3.63) is 0 Å². The lowest BCUT2D eigenvalue weighted by atomic mass is 9.93. The Kier molecular flexibility index (Phi) is 5.36. The second kappa shape index (κ2) is 6.06. The first-order chi connectivity index (χ1) is 7.11. The van der Waals surface area contributed by atoms with Crippen LogP contribution in [0.3, 0.4) is 0 Å². The molecule has 0 bridgehead atoms. The molecule has 3 nitrogen and oxygen atoms in total. The lowest BCUT2D eigenvalue weighted by Gasteiger charge is -2.36. The molecule has 0 N–H and O–H groups in total. The Morgan fingerprint density at radius 1 is 1.40 bits per heavy atom. The van der Waals surface area contributed by atoms with Crippen LogP contribution in [-0.2, 0) is 10.0 Å². The Bertz CT molecular complexity index is 275. The van der Waals surface area contributed by atoms with Crippen molar-refractivity contribution in [3.8, 4) is 0 Å². The van der Waals surface area contributed by atoms with Crippen molar-refractivity contribution in [3.63, 3.8) is 0 Å². The molecule has 0 heterocycles. The summed E-state index contributed by atoms with van der Waals surface area (Å²) in [6, 6.07) is 0.227. The summed E-state index contributed by atoms with van der Waals surface area (Å²) in [5.74, 6) is 0.665. The van der Waals surface area contributed by atoms with Gasteiger partial charge in [0.05, 0.1) is 5.75 Å². The third-order valence-corrected chi connectivity index (χ3v) is 5.07. The molecule has 1 rings (SSSR count). The summed E-state index contributed by atoms with van der Waals surface area (Å²) in [4.78, 5) is 0. The number of sulfonamides is 1. The molecule has 0 aromatic heterocycles. The molecule has 0 unspecified atom stereocenters. The van der Waals surface area contributed by atoms with E-state index in [4.69, 9.17) is 11.6 Å². The van der Waals surface area contributed by atoms with Gasteiger partial charge in [-0.05, 0) is 19.3 Å². The Labute approximate surface area is 97.8 Å². The number of hydrogen-bond donors (Lipinski definition) is 0. The van der Waals surface area contributed by atoms with E-state index in [0.29, 0.717) is 12.4 Å². The van der Waals surface area contributed by atoms with Crippen LogP contribution in [0.1, 0.15) is 39.0 Å². The highest BCUT2D eigenvalue weighted by Crippen LogP contribution is 2.27. The van der Waals surface area contributed by atoms with Gasteiger partial charge in [0.15, 0.2) is 0 Å². The second-order valence-corrected chi connectivity index (χ2v) is 6.47. The summed E-state index contributed by atoms with van der Waals surface area (Å²) in [5.41, 5.74) is 0. The molecule has 0 radical (unpaired) electrons. The molecule has 1 saturated carbocycles. The standard InChI is InChI=1S/C10H20ClNO2S/c1-2-3-9-15(13,14)12(8-7-11)10-5-4-6-10/h10H,2-9H2,1H3. The Balaban J connectivity index is 2.60. The topological polar surface area (TPSA) is 37.4 Å². The zero-order valence-corrected chi connectivity index (χ0v) is 10.9. The van der Waals surface area contributed by atoms with E-state index in [9.17, 15) is 8.42 Å². The molecule has 90 valence electrons. The van der Waals surface area contributed by atoms with Crippen LogP contribution in [0.25, 0.3) is 0 Å². The minimum Gasteiger partial charge on any atom is -0.212 e. The molecular weight excluding hydrogens is 234 g/mol. The number of alkyl halides is 1. The predicted octanol–water partition coefficient (Wildman–Crippen LogP) is 2.21. The lowest BCUT2D eigenvalue weighted by molar-refractivity contribution is 0.227. The van der Waals surface area contributed by atoms with Crippen LogP contribution in [0.15, 0.2) is 0 Å². The number of nitrogens with zero attached hydrogens (tertiary/aromatic N) is 1. The van der Waals surface area contributed by atoms with Crippen molar-refractivity contribution in [2.75, 3.05) is 18.2 Å². The third-order valence-electron chi connectivity index (χ3n) is 2.90. The van der Waals surface area contributed by atoms with Crippen LogP contribution in [0.4, 0.5) is 0 Å². The molecule has 1 fully saturated rings. The van der Waals surface area contributed by atoms with Gasteiger partial charge in [0.25, 0.3) is 0 Å². The van der Waals surface area contributed by atoms with Crippen LogP contribution >= 0.6 is 11.6 Å². The summed E-state index contributed by atoms with van der Waals surface area (Å²) in [7, 11) is -3.06. The van der Waals surface area contributed by atoms with Crippen molar-refractivity contribution in [1.29, 1.82) is 0 Å². The van der Waals surface area contributed by atoms with Crippen LogP contribution in [-0.4, -0.2) is 36.9 Å². The van der Waals surface area contributed by atoms with Crippen LogP contribution in [0.2, 0.25) is 0 Å². The van der Waals surface area contributed by atoms with Crippen LogP contribution in [0.5, 0.6) is 0 Å². The number of halogens is 1. The van der Waals surface area contributed by atoms with Gasteiger partial charge in [-0.1, -0.05) is 19.8 Å². The predicted molar refractivity (Wildman–Crippen MR) is 63.8 cm³/mol. The van der Waals surface area contributed by atoms with Crippen molar-refractivity contribution in [1.82, 2.24) is 4.31 Å². The number of unbranched alkanes of at least 4 members (excludes halogenated alkanes) is 1. The fourth-order valence-electron chi connectivity index (χ4n) is 1.75. The van der Waals surface area contributed by atoms with E-state index in [-0.39, 0.29) is 11.8 Å². The average molecular weight is 254 g/mol. The largest absolute Gasteiger partial charge is 0.214 e. The minimum absolute atomic E-state index is 0.227. The van der Waals surface area contributed by atoms with Gasteiger partial charge in [0, 0.05) is 18.5 Å². The van der Waals surface area contributed by atoms with E-state index < -0.39 is 10.0 Å². The van der Waals surface area contributed by atoms with E-state index >= 15 is 0 Å². The molecule has 0 atom stereocenters. The Hall–Kier alpha value is 0.200. The fourth-order valence-corrected chi connectivity index (χ4v) is 3.96. The maximum Gasteiger partial charge on any atom is 0.214 e. The molecule has 0 aromatic rings. The van der Waals surface area contributed by atoms with Gasteiger partial charge in [-0.15, -0.1) is 11.6 Å². The van der Waals surface area contributed by atoms with Gasteiger partial charge in [-0.25, -0.2) is 8.42 Å². The van der Waals surface area contributed by atoms with E-state index in [1.54, 1.807) is 4.31 Å². The van der Waals surface area contributed by atoms with Gasteiger partial charge in [0.2, 0.25) is 10.0 Å². The third kappa shape index (κ3) is 3.61. The summed E-state index contributed by atoms with van der Waals surface area (Å²) < 4.78 is 25.6. The van der Waals surface area contributed by atoms with Crippen LogP contribution < -0.4 is 0 Å². The molecule has 5 heteroatoms. The Morgan fingerprint density at radius 3 is 2.47 bits per heavy atom. The van der Waals surface area contributed by atoms with Gasteiger partial charge < -0.3 is 0 Å². The molecular formula is C10H20ClNO2S. The highest BCUT2D eigenvalue weighted by molar-refractivity contribution is 7.89. The van der Waals surface area contributed by atoms with Crippen molar-refractivity contribution >= 4 is 21.6 Å². The van der Waals surface area contributed by atoms with E-state index in [1.807, 2.05) is 6.92 Å². The molecule has 15 heavy (non-hydrogen) atoms. The highest BCUT2D eigenvalue weighted by atomic mass is 35.5. The molecule has 0 aromatic carbocycles. The zero-order valence-electron chi connectivity index (χ0n) is 9.28. The van der Waals surface area contributed by atoms with Gasteiger partial charge >= 0.3 is 0 Å². The van der Waals surface area contributed by atoms with Crippen LogP contribution in [0, 0.1) is 0 Å². The summed E-state index contributed by atoms with van der Waals surface area (Å²) in [6.45, 7) is 2.48. The van der Waals surface area contributed by atoms with Crippen molar-refractivity contribution < 1.29 is 8.42 Å². The van der Waals surface area contributed by atoms with E-state index in [2.05, 4.69) is 0 Å². The average Bonchev–Trinajstić information content (AvgIpc) is 2.11. The van der Waals surface area contributed by atoms with Gasteiger partial charge in [-0.2, -0.15) is 4.31 Å². The summed E-state index contributed by atoms with van der Waals surface area (Å²) >= 11 is 5.66. The molecule has 0 amide bonds. The van der Waals surface area contributed by atoms with Gasteiger partial charge in [0.1, 0.15) is 0 Å². The number of hydrogen-bond acceptors (Lipinski definition) is 2. The van der Waals surface area contributed by atoms with Crippen molar-refractivity contribution in [2.45, 2.75) is 45.1 Å². The zero-order chi connectivity index (χ0) is 11.3. The quantitative estimate of drug-likeness (QED) is 0.653. The normalized spacial score (nSPS) is 18.1. The number of rotatable bonds is 7. The minimum atomic E-state index is -3.06. The SMILES string of the molecule is CCCCS(=O)(=O)N(CCCl)C1CCC1. The van der Waals surface area contributed by atoms with E-state index in [0.717, 1.165) is 32.1 Å². The molecule has 0 aliphatic heterocycles. The monoisotopic (exact) mass is 253 g/mol. The summed E-state index contributed by atoms with van der Waals surface area (Å²) in [6.07, 6.45) is 4.81. The lowest BCUT2D eigenvalue weighted by Crippen LogP contribution is -2.46. The molecule has 1 aliphatic rings. The van der Waals surface area contributed by atoms with E-state index in [1.165, 1.54) is 0 Å². The highest BCUT2D eigenvalue weighted by Gasteiger charge is 2.32. The van der Waals surface area contributed by atoms with Crippen molar-refractivity contribution in [2.24, 2.45) is 0 Å². The maximum absolute atomic E-state index is 12.0. The second-order valence-electron chi connectivity index (χ2n) is 4.05. The maximum atomic E-state index is 12.0. The van der Waals surface area contributed by atoms with Gasteiger partial charge in [-0.3, -0.25) is 0 Å². The molecule has 0 spiro atoms. The first-order valence-corrected chi connectivity index (χ1v) is 7.81. The first kappa shape index (κ1) is 13.3. The Morgan fingerprint density at radius 2 is 2.07 bits per heavy atom. The first-order valence-electron chi connectivity index (χ1n) is 5.67.